The third-order valence-electron chi connectivity index (χ3n) is 4.22. The largest absolute Gasteiger partial charge is 0.444 e. The molecular weight excluding hydrogens is 318 g/mol. The van der Waals surface area contributed by atoms with Crippen molar-refractivity contribution in [2.75, 3.05) is 13.1 Å². The van der Waals surface area contributed by atoms with Gasteiger partial charge in [0, 0.05) is 44.0 Å². The van der Waals surface area contributed by atoms with Gasteiger partial charge in [0.15, 0.2) is 0 Å². The Bertz CT molecular complexity index is 742. The summed E-state index contributed by atoms with van der Waals surface area (Å²) in [6.07, 6.45) is 8.80. The molecule has 1 amide bonds. The first-order valence-corrected chi connectivity index (χ1v) is 8.61. The van der Waals surface area contributed by atoms with Crippen LogP contribution in [-0.4, -0.2) is 49.4 Å². The summed E-state index contributed by atoms with van der Waals surface area (Å²) in [5.41, 5.74) is 2.31. The van der Waals surface area contributed by atoms with Gasteiger partial charge in [-0.2, -0.15) is 5.10 Å². The first-order valence-electron chi connectivity index (χ1n) is 8.61. The summed E-state index contributed by atoms with van der Waals surface area (Å²) in [5.74, 6) is 0.308. The molecule has 1 aliphatic heterocycles. The van der Waals surface area contributed by atoms with E-state index in [-0.39, 0.29) is 6.09 Å². The smallest absolute Gasteiger partial charge is 0.410 e. The standard InChI is InChI=1S/C18H25N5O2/c1-18(2,3)25-17(24)23-7-5-13(6-8-23)15-10-19-11-16(21-15)14-9-20-22(4)12-14/h9-13H,5-8H2,1-4H3. The zero-order chi connectivity index (χ0) is 18.0. The molecule has 0 unspecified atom stereocenters. The average Bonchev–Trinajstić information content (AvgIpc) is 3.00. The number of nitrogens with zero attached hydrogens (tertiary/aromatic N) is 5. The Balaban J connectivity index is 1.64. The van der Waals surface area contributed by atoms with E-state index in [2.05, 4.69) is 10.1 Å². The SMILES string of the molecule is Cn1cc(-c2cncc(C3CCN(C(=O)OC(C)(C)C)CC3)n2)cn1. The van der Waals surface area contributed by atoms with E-state index in [1.807, 2.05) is 40.2 Å². The molecule has 0 saturated carbocycles. The number of hydrogen-bond acceptors (Lipinski definition) is 5. The number of likely N-dealkylation sites (tertiary alicyclic amines) is 1. The number of piperidine rings is 1. The highest BCUT2D eigenvalue weighted by atomic mass is 16.6. The van der Waals surface area contributed by atoms with Crippen LogP contribution in [0.5, 0.6) is 0 Å². The second-order valence-electron chi connectivity index (χ2n) is 7.47. The molecule has 1 saturated heterocycles. The Morgan fingerprint density at radius 2 is 1.92 bits per heavy atom. The first kappa shape index (κ1) is 17.4. The zero-order valence-corrected chi connectivity index (χ0v) is 15.3. The van der Waals surface area contributed by atoms with Crippen LogP contribution in [-0.2, 0) is 11.8 Å². The van der Waals surface area contributed by atoms with Crippen molar-refractivity contribution in [3.05, 3.63) is 30.5 Å². The average molecular weight is 343 g/mol. The number of aryl methyl sites for hydroxylation is 1. The van der Waals surface area contributed by atoms with Crippen molar-refractivity contribution in [2.45, 2.75) is 45.1 Å². The summed E-state index contributed by atoms with van der Waals surface area (Å²) in [6.45, 7) is 7.02. The fraction of sp³-hybridized carbons (Fsp3) is 0.556. The molecule has 1 aliphatic rings. The van der Waals surface area contributed by atoms with Gasteiger partial charge in [0.25, 0.3) is 0 Å². The summed E-state index contributed by atoms with van der Waals surface area (Å²) >= 11 is 0. The van der Waals surface area contributed by atoms with Crippen LogP contribution in [0.3, 0.4) is 0 Å². The number of carbonyl (C=O) groups is 1. The lowest BCUT2D eigenvalue weighted by atomic mass is 9.94. The minimum Gasteiger partial charge on any atom is -0.444 e. The lowest BCUT2D eigenvalue weighted by molar-refractivity contribution is 0.0204. The Kier molecular flexibility index (Phi) is 4.74. The number of hydrogen-bond donors (Lipinski definition) is 0. The minimum atomic E-state index is -0.461. The van der Waals surface area contributed by atoms with Gasteiger partial charge in [0.05, 0.1) is 23.8 Å². The van der Waals surface area contributed by atoms with Gasteiger partial charge in [-0.15, -0.1) is 0 Å². The molecule has 3 heterocycles. The molecule has 7 nitrogen and oxygen atoms in total. The van der Waals surface area contributed by atoms with E-state index in [0.29, 0.717) is 19.0 Å². The molecule has 2 aromatic heterocycles. The molecule has 25 heavy (non-hydrogen) atoms. The molecule has 0 aliphatic carbocycles. The van der Waals surface area contributed by atoms with E-state index in [0.717, 1.165) is 29.8 Å². The summed E-state index contributed by atoms with van der Waals surface area (Å²) in [4.78, 5) is 23.0. The van der Waals surface area contributed by atoms with Gasteiger partial charge in [0.2, 0.25) is 0 Å². The van der Waals surface area contributed by atoms with E-state index in [4.69, 9.17) is 9.72 Å². The van der Waals surface area contributed by atoms with Crippen LogP contribution in [0, 0.1) is 0 Å². The van der Waals surface area contributed by atoms with Crippen molar-refractivity contribution < 1.29 is 9.53 Å². The number of carbonyl (C=O) groups excluding carboxylic acids is 1. The van der Waals surface area contributed by atoms with Crippen molar-refractivity contribution in [1.82, 2.24) is 24.6 Å². The third-order valence-corrected chi connectivity index (χ3v) is 4.22. The van der Waals surface area contributed by atoms with Crippen LogP contribution in [0.25, 0.3) is 11.3 Å². The Morgan fingerprint density at radius 1 is 1.20 bits per heavy atom. The van der Waals surface area contributed by atoms with E-state index in [1.165, 1.54) is 0 Å². The molecule has 0 N–H and O–H groups in total. The zero-order valence-electron chi connectivity index (χ0n) is 15.3. The molecule has 2 aromatic rings. The molecule has 3 rings (SSSR count). The topological polar surface area (TPSA) is 73.1 Å². The van der Waals surface area contributed by atoms with Crippen LogP contribution in [0.1, 0.15) is 45.2 Å². The summed E-state index contributed by atoms with van der Waals surface area (Å²) in [6, 6.07) is 0. The molecule has 134 valence electrons. The monoisotopic (exact) mass is 343 g/mol. The van der Waals surface area contributed by atoms with Crippen molar-refractivity contribution in [3.63, 3.8) is 0 Å². The lowest BCUT2D eigenvalue weighted by Crippen LogP contribution is -2.41. The fourth-order valence-electron chi connectivity index (χ4n) is 2.95. The van der Waals surface area contributed by atoms with E-state index in [9.17, 15) is 4.79 Å². The maximum Gasteiger partial charge on any atom is 0.410 e. The van der Waals surface area contributed by atoms with Crippen LogP contribution in [0.2, 0.25) is 0 Å². The van der Waals surface area contributed by atoms with Gasteiger partial charge >= 0.3 is 6.09 Å². The molecule has 1 fully saturated rings. The summed E-state index contributed by atoms with van der Waals surface area (Å²) in [7, 11) is 1.88. The molecule has 0 aromatic carbocycles. The van der Waals surface area contributed by atoms with E-state index < -0.39 is 5.60 Å². The molecular formula is C18H25N5O2. The highest BCUT2D eigenvalue weighted by molar-refractivity contribution is 5.68. The number of ether oxygens (including phenoxy) is 1. The predicted molar refractivity (Wildman–Crippen MR) is 94.0 cm³/mol. The van der Waals surface area contributed by atoms with Gasteiger partial charge < -0.3 is 9.64 Å². The van der Waals surface area contributed by atoms with Gasteiger partial charge in [-0.1, -0.05) is 0 Å². The van der Waals surface area contributed by atoms with Crippen LogP contribution < -0.4 is 0 Å². The van der Waals surface area contributed by atoms with E-state index in [1.54, 1.807) is 22.0 Å². The van der Waals surface area contributed by atoms with Crippen molar-refractivity contribution in [3.8, 4) is 11.3 Å². The van der Waals surface area contributed by atoms with Gasteiger partial charge in [-0.3, -0.25) is 9.67 Å². The predicted octanol–water partition coefficient (Wildman–Crippen LogP) is 2.99. The minimum absolute atomic E-state index is 0.235. The second-order valence-corrected chi connectivity index (χ2v) is 7.47. The van der Waals surface area contributed by atoms with Crippen molar-refractivity contribution in [1.29, 1.82) is 0 Å². The molecule has 0 radical (unpaired) electrons. The second kappa shape index (κ2) is 6.82. The van der Waals surface area contributed by atoms with Gasteiger partial charge in [0.1, 0.15) is 5.60 Å². The van der Waals surface area contributed by atoms with Crippen molar-refractivity contribution in [2.24, 2.45) is 7.05 Å². The normalized spacial score (nSPS) is 16.1. The number of amides is 1. The summed E-state index contributed by atoms with van der Waals surface area (Å²) < 4.78 is 7.20. The highest BCUT2D eigenvalue weighted by Gasteiger charge is 2.28. The van der Waals surface area contributed by atoms with Gasteiger partial charge in [-0.25, -0.2) is 9.78 Å². The van der Waals surface area contributed by atoms with Gasteiger partial charge in [-0.05, 0) is 33.6 Å². The molecule has 0 bridgehead atoms. The lowest BCUT2D eigenvalue weighted by Gasteiger charge is -2.33. The molecule has 0 atom stereocenters. The van der Waals surface area contributed by atoms with Crippen molar-refractivity contribution >= 4 is 6.09 Å². The number of aromatic nitrogens is 4. The Hall–Kier alpha value is -2.44. The molecule has 0 spiro atoms. The van der Waals surface area contributed by atoms with E-state index >= 15 is 0 Å². The highest BCUT2D eigenvalue weighted by Crippen LogP contribution is 2.28. The Morgan fingerprint density at radius 3 is 2.52 bits per heavy atom. The van der Waals surface area contributed by atoms with Crippen LogP contribution in [0.4, 0.5) is 4.79 Å². The number of rotatable bonds is 2. The third kappa shape index (κ3) is 4.35. The maximum absolute atomic E-state index is 12.2. The molecule has 7 heteroatoms. The first-order chi connectivity index (χ1) is 11.8. The Labute approximate surface area is 148 Å². The fourth-order valence-corrected chi connectivity index (χ4v) is 2.95. The summed E-state index contributed by atoms with van der Waals surface area (Å²) in [5, 5.41) is 4.18. The van der Waals surface area contributed by atoms with Crippen LogP contribution >= 0.6 is 0 Å². The maximum atomic E-state index is 12.2. The quantitative estimate of drug-likeness (QED) is 0.838. The van der Waals surface area contributed by atoms with Crippen LogP contribution in [0.15, 0.2) is 24.8 Å².